The van der Waals surface area contributed by atoms with E-state index in [9.17, 15) is 4.79 Å². The van der Waals surface area contributed by atoms with E-state index in [0.29, 0.717) is 17.1 Å². The Kier molecular flexibility index (Phi) is 4.04. The predicted octanol–water partition coefficient (Wildman–Crippen LogP) is 3.19. The van der Waals surface area contributed by atoms with Gasteiger partial charge in [0.15, 0.2) is 0 Å². The van der Waals surface area contributed by atoms with E-state index in [1.165, 1.54) is 21.8 Å². The monoisotopic (exact) mass is 280 g/mol. The van der Waals surface area contributed by atoms with Gasteiger partial charge in [-0.25, -0.2) is 0 Å². The molecule has 0 unspecified atom stereocenters. The second-order valence-corrected chi connectivity index (χ2v) is 6.28. The quantitative estimate of drug-likeness (QED) is 0.903. The highest BCUT2D eigenvalue weighted by Gasteiger charge is 2.11. The summed E-state index contributed by atoms with van der Waals surface area (Å²) in [5, 5.41) is 5.01. The van der Waals surface area contributed by atoms with Gasteiger partial charge in [0.1, 0.15) is 0 Å². The zero-order valence-electron chi connectivity index (χ0n) is 10.4. The second kappa shape index (κ2) is 5.54. The summed E-state index contributed by atoms with van der Waals surface area (Å²) in [5.41, 5.74) is 7.75. The van der Waals surface area contributed by atoms with Crippen molar-refractivity contribution in [3.05, 3.63) is 37.7 Å². The number of amides is 1. The summed E-state index contributed by atoms with van der Waals surface area (Å²) < 4.78 is 0. The number of anilines is 1. The number of nitrogen functional groups attached to an aromatic ring is 1. The van der Waals surface area contributed by atoms with Crippen LogP contribution in [0.15, 0.2) is 17.5 Å². The van der Waals surface area contributed by atoms with Gasteiger partial charge in [-0.15, -0.1) is 22.7 Å². The summed E-state index contributed by atoms with van der Waals surface area (Å²) in [4.78, 5) is 14.9. The van der Waals surface area contributed by atoms with Crippen molar-refractivity contribution in [3.63, 3.8) is 0 Å². The molecule has 3 nitrogen and oxygen atoms in total. The van der Waals surface area contributed by atoms with Crippen molar-refractivity contribution >= 4 is 34.3 Å². The van der Waals surface area contributed by atoms with Gasteiger partial charge in [-0.05, 0) is 36.4 Å². The van der Waals surface area contributed by atoms with Crippen LogP contribution in [0.1, 0.15) is 31.9 Å². The standard InChI is InChI=1S/C13H16N2OS2/c1-3-9-4-5-17-12(9)7-15-13(16)11-6-10(14)8(2)18-11/h4-6H,3,7,14H2,1-2H3,(H,15,16). The van der Waals surface area contributed by atoms with E-state index in [4.69, 9.17) is 5.73 Å². The Balaban J connectivity index is 2.00. The lowest BCUT2D eigenvalue weighted by Crippen LogP contribution is -2.21. The lowest BCUT2D eigenvalue weighted by molar-refractivity contribution is 0.0955. The van der Waals surface area contributed by atoms with Gasteiger partial charge in [-0.2, -0.15) is 0 Å². The van der Waals surface area contributed by atoms with E-state index < -0.39 is 0 Å². The Morgan fingerprint density at radius 2 is 2.28 bits per heavy atom. The molecule has 2 rings (SSSR count). The fourth-order valence-corrected chi connectivity index (χ4v) is 3.47. The molecule has 0 bridgehead atoms. The molecular weight excluding hydrogens is 264 g/mol. The fraction of sp³-hybridized carbons (Fsp3) is 0.308. The first-order valence-corrected chi connectivity index (χ1v) is 7.50. The number of carbonyl (C=O) groups is 1. The molecule has 0 fully saturated rings. The molecule has 0 saturated heterocycles. The normalized spacial score (nSPS) is 10.6. The molecular formula is C13H16N2OS2. The highest BCUT2D eigenvalue weighted by Crippen LogP contribution is 2.23. The van der Waals surface area contributed by atoms with Crippen LogP contribution in [0.3, 0.4) is 0 Å². The van der Waals surface area contributed by atoms with Crippen LogP contribution in [0, 0.1) is 6.92 Å². The Bertz CT molecular complexity index is 538. The molecule has 18 heavy (non-hydrogen) atoms. The Labute approximate surface area is 115 Å². The zero-order chi connectivity index (χ0) is 13.1. The third-order valence-corrected chi connectivity index (χ3v) is 4.84. The molecule has 5 heteroatoms. The first-order valence-electron chi connectivity index (χ1n) is 5.81. The Morgan fingerprint density at radius 3 is 2.89 bits per heavy atom. The minimum absolute atomic E-state index is 0.0461. The Hall–Kier alpha value is -1.33. The minimum Gasteiger partial charge on any atom is -0.398 e. The van der Waals surface area contributed by atoms with Crippen LogP contribution in [0.2, 0.25) is 0 Å². The first-order chi connectivity index (χ1) is 8.61. The summed E-state index contributed by atoms with van der Waals surface area (Å²) in [6.45, 7) is 4.64. The van der Waals surface area contributed by atoms with E-state index in [2.05, 4.69) is 23.7 Å². The highest BCUT2D eigenvalue weighted by molar-refractivity contribution is 7.14. The van der Waals surface area contributed by atoms with Gasteiger partial charge in [-0.3, -0.25) is 4.79 Å². The van der Waals surface area contributed by atoms with Gasteiger partial charge in [0.2, 0.25) is 0 Å². The molecule has 0 saturated carbocycles. The Morgan fingerprint density at radius 1 is 1.50 bits per heavy atom. The number of rotatable bonds is 4. The average molecular weight is 280 g/mol. The molecule has 96 valence electrons. The molecule has 3 N–H and O–H groups in total. The molecule has 1 amide bonds. The highest BCUT2D eigenvalue weighted by atomic mass is 32.1. The third-order valence-electron chi connectivity index (χ3n) is 2.81. The summed E-state index contributed by atoms with van der Waals surface area (Å²) >= 11 is 3.12. The number of nitrogens with two attached hydrogens (primary N) is 1. The van der Waals surface area contributed by atoms with Crippen molar-refractivity contribution in [1.29, 1.82) is 0 Å². The zero-order valence-corrected chi connectivity index (χ0v) is 12.1. The SMILES string of the molecule is CCc1ccsc1CNC(=O)c1cc(N)c(C)s1. The van der Waals surface area contributed by atoms with Crippen molar-refractivity contribution in [3.8, 4) is 0 Å². The van der Waals surface area contributed by atoms with E-state index in [-0.39, 0.29) is 5.91 Å². The number of nitrogens with one attached hydrogen (secondary N) is 1. The van der Waals surface area contributed by atoms with Crippen LogP contribution >= 0.6 is 22.7 Å². The third kappa shape index (κ3) is 2.73. The van der Waals surface area contributed by atoms with Gasteiger partial charge in [0, 0.05) is 15.4 Å². The topological polar surface area (TPSA) is 55.1 Å². The summed E-state index contributed by atoms with van der Waals surface area (Å²) in [5.74, 6) is -0.0461. The number of hydrogen-bond donors (Lipinski definition) is 2. The van der Waals surface area contributed by atoms with Crippen LogP contribution in [-0.4, -0.2) is 5.91 Å². The molecule has 2 heterocycles. The number of hydrogen-bond acceptors (Lipinski definition) is 4. The maximum absolute atomic E-state index is 12.0. The molecule has 0 spiro atoms. The van der Waals surface area contributed by atoms with E-state index in [1.807, 2.05) is 6.92 Å². The molecule has 0 aliphatic rings. The van der Waals surface area contributed by atoms with Crippen molar-refractivity contribution < 1.29 is 4.79 Å². The summed E-state index contributed by atoms with van der Waals surface area (Å²) in [6.07, 6.45) is 1.000. The van der Waals surface area contributed by atoms with Gasteiger partial charge in [0.25, 0.3) is 5.91 Å². The lowest BCUT2D eigenvalue weighted by atomic mass is 10.2. The van der Waals surface area contributed by atoms with Gasteiger partial charge in [0.05, 0.1) is 11.4 Å². The van der Waals surface area contributed by atoms with Gasteiger partial charge in [-0.1, -0.05) is 6.92 Å². The van der Waals surface area contributed by atoms with Crippen molar-refractivity contribution in [2.75, 3.05) is 5.73 Å². The van der Waals surface area contributed by atoms with Crippen LogP contribution < -0.4 is 11.1 Å². The number of carbonyl (C=O) groups excluding carboxylic acids is 1. The molecule has 0 aliphatic carbocycles. The molecule has 0 radical (unpaired) electrons. The number of aryl methyl sites for hydroxylation is 2. The van der Waals surface area contributed by atoms with Crippen LogP contribution in [0.5, 0.6) is 0 Å². The minimum atomic E-state index is -0.0461. The van der Waals surface area contributed by atoms with Crippen LogP contribution in [0.25, 0.3) is 0 Å². The molecule has 2 aromatic heterocycles. The fourth-order valence-electron chi connectivity index (χ4n) is 1.69. The van der Waals surface area contributed by atoms with Gasteiger partial charge >= 0.3 is 0 Å². The molecule has 0 atom stereocenters. The maximum Gasteiger partial charge on any atom is 0.261 e. The van der Waals surface area contributed by atoms with E-state index >= 15 is 0 Å². The van der Waals surface area contributed by atoms with E-state index in [1.54, 1.807) is 17.4 Å². The second-order valence-electron chi connectivity index (χ2n) is 4.03. The average Bonchev–Trinajstić information content (AvgIpc) is 2.93. The van der Waals surface area contributed by atoms with Crippen molar-refractivity contribution in [2.45, 2.75) is 26.8 Å². The lowest BCUT2D eigenvalue weighted by Gasteiger charge is -2.03. The smallest absolute Gasteiger partial charge is 0.261 e. The molecule has 2 aromatic rings. The largest absolute Gasteiger partial charge is 0.398 e. The summed E-state index contributed by atoms with van der Waals surface area (Å²) in [6, 6.07) is 3.85. The predicted molar refractivity (Wildman–Crippen MR) is 78.3 cm³/mol. The van der Waals surface area contributed by atoms with Crippen molar-refractivity contribution in [1.82, 2.24) is 5.32 Å². The number of thiophene rings is 2. The van der Waals surface area contributed by atoms with Crippen molar-refractivity contribution in [2.24, 2.45) is 0 Å². The maximum atomic E-state index is 12.0. The molecule has 0 aliphatic heterocycles. The first kappa shape index (κ1) is 13.1. The van der Waals surface area contributed by atoms with E-state index in [0.717, 1.165) is 11.3 Å². The summed E-state index contributed by atoms with van der Waals surface area (Å²) in [7, 11) is 0. The van der Waals surface area contributed by atoms with Crippen LogP contribution in [0.4, 0.5) is 5.69 Å². The molecule has 0 aromatic carbocycles. The van der Waals surface area contributed by atoms with Gasteiger partial charge < -0.3 is 11.1 Å². The van der Waals surface area contributed by atoms with Crippen LogP contribution in [-0.2, 0) is 13.0 Å².